The molecule has 0 aliphatic heterocycles. The van der Waals surface area contributed by atoms with Gasteiger partial charge in [0.15, 0.2) is 11.9 Å². The average Bonchev–Trinajstić information content (AvgIpc) is 3.30. The molecule has 27 nitrogen and oxygen atoms in total. The lowest BCUT2D eigenvalue weighted by Gasteiger charge is -2.28. The van der Waals surface area contributed by atoms with Crippen molar-refractivity contribution in [3.05, 3.63) is 0 Å². The van der Waals surface area contributed by atoms with Crippen LogP contribution in [0.15, 0.2) is 0 Å². The van der Waals surface area contributed by atoms with E-state index in [1.54, 1.807) is 7.05 Å². The van der Waals surface area contributed by atoms with Crippen LogP contribution in [0.4, 0.5) is 4.79 Å². The summed E-state index contributed by atoms with van der Waals surface area (Å²) in [6.45, 7) is 2.12. The third-order valence-electron chi connectivity index (χ3n) is 10.6. The monoisotopic (exact) mass is 981 g/mol. The molecule has 10 unspecified atom stereocenters. The second-order valence-electron chi connectivity index (χ2n) is 16.6. The van der Waals surface area contributed by atoms with Gasteiger partial charge in [-0.3, -0.25) is 28.8 Å². The van der Waals surface area contributed by atoms with Crippen molar-refractivity contribution in [2.45, 2.75) is 138 Å². The Balaban J connectivity index is 5.26. The van der Waals surface area contributed by atoms with Crippen LogP contribution < -0.4 is 71.2 Å². The molecule has 0 bridgehead atoms. The number of unbranched alkanes of at least 4 members (excludes halogenated alkanes) is 2. The van der Waals surface area contributed by atoms with Crippen molar-refractivity contribution in [1.82, 2.24) is 47.4 Å². The van der Waals surface area contributed by atoms with Crippen LogP contribution in [0.5, 0.6) is 0 Å². The van der Waals surface area contributed by atoms with Crippen molar-refractivity contribution in [2.75, 3.05) is 79.2 Å². The first-order chi connectivity index (χ1) is 32.3. The van der Waals surface area contributed by atoms with E-state index in [2.05, 4.69) is 42.5 Å². The number of nitrogens with one attached hydrogen (secondary N) is 8. The smallest absolute Gasteiger partial charge is 0.315 e. The maximum Gasteiger partial charge on any atom is 0.315 e. The van der Waals surface area contributed by atoms with Gasteiger partial charge in [-0.1, -0.05) is 6.42 Å². The molecule has 0 saturated heterocycles. The Hall–Kier alpha value is -4.23. The molecular formula is C41H84N14O13. The van der Waals surface area contributed by atoms with E-state index in [0.29, 0.717) is 45.3 Å². The van der Waals surface area contributed by atoms with E-state index >= 15 is 0 Å². The van der Waals surface area contributed by atoms with Crippen molar-refractivity contribution in [1.29, 1.82) is 0 Å². The first kappa shape index (κ1) is 63.8. The summed E-state index contributed by atoms with van der Waals surface area (Å²) < 4.78 is 0. The normalized spacial score (nSPS) is 15.8. The van der Waals surface area contributed by atoms with E-state index in [1.165, 1.54) is 6.92 Å². The number of amides is 7. The van der Waals surface area contributed by atoms with E-state index in [1.807, 2.05) is 0 Å². The number of aliphatic hydroxyl groups is 6. The van der Waals surface area contributed by atoms with E-state index < -0.39 is 148 Å². The molecule has 0 heterocycles. The molecule has 7 amide bonds. The quantitative estimate of drug-likeness (QED) is 0.0200. The molecular weight excluding hydrogens is 897 g/mol. The number of Topliss-reactive ketones (excluding diaryl/α,β-unsaturated/α-hetero) is 1. The van der Waals surface area contributed by atoms with Crippen LogP contribution in [0.25, 0.3) is 0 Å². The summed E-state index contributed by atoms with van der Waals surface area (Å²) in [6.07, 6.45) is -5.29. The summed E-state index contributed by atoms with van der Waals surface area (Å²) in [5.41, 5.74) is 28.2. The fourth-order valence-electron chi connectivity index (χ4n) is 6.49. The van der Waals surface area contributed by atoms with Crippen molar-refractivity contribution < 1.29 is 64.2 Å². The lowest BCUT2D eigenvalue weighted by atomic mass is 9.97. The Morgan fingerprint density at radius 3 is 1.87 bits per heavy atom. The molecule has 27 heteroatoms. The maximum absolute atomic E-state index is 13.4. The van der Waals surface area contributed by atoms with Crippen molar-refractivity contribution >= 4 is 41.4 Å². The molecule has 396 valence electrons. The van der Waals surface area contributed by atoms with Crippen molar-refractivity contribution in [3.63, 3.8) is 0 Å². The standard InChI is InChI=1S/C41H84N14O13/c1-25(51-40(67)36(63)34(61)19-32(59)28(46)9-3-4-11-42)37(64)53-30(20-45)39(66)52-29(10-7-12-43)38(65)54-31(23-56)33(60)18-26(57)17-27(58)22-55(24-47-2)35(62)21-50-41(68)49-16-6-5-14-48-15-8-13-44/h25-26,28-34,36,47-48,56-57,59-61,63H,3-24,42-46H2,1-2H3,(H,51,67)(H,52,66)(H,53,64)(H,54,65)(H2,49,50,68). The highest BCUT2D eigenvalue weighted by Gasteiger charge is 2.33. The molecule has 0 aliphatic carbocycles. The van der Waals surface area contributed by atoms with Gasteiger partial charge in [-0.05, 0) is 91.6 Å². The first-order valence-electron chi connectivity index (χ1n) is 23.2. The number of ketones is 1. The fraction of sp³-hybridized carbons (Fsp3) is 0.829. The average molecular weight is 981 g/mol. The van der Waals surface area contributed by atoms with Gasteiger partial charge in [0.2, 0.25) is 23.6 Å². The molecule has 0 radical (unpaired) electrons. The van der Waals surface area contributed by atoms with Crippen LogP contribution in [0, 0.1) is 0 Å². The molecule has 0 aromatic heterocycles. The number of urea groups is 1. The Kier molecular flexibility index (Phi) is 35.3. The fourth-order valence-corrected chi connectivity index (χ4v) is 6.49. The second kappa shape index (κ2) is 37.6. The number of carbonyl (C=O) groups is 7. The minimum absolute atomic E-state index is 0.0408. The predicted molar refractivity (Wildman–Crippen MR) is 250 cm³/mol. The van der Waals surface area contributed by atoms with Gasteiger partial charge in [-0.15, -0.1) is 0 Å². The molecule has 0 aliphatic rings. The van der Waals surface area contributed by atoms with Gasteiger partial charge >= 0.3 is 6.03 Å². The van der Waals surface area contributed by atoms with Crippen LogP contribution in [-0.4, -0.2) is 217 Å². The zero-order chi connectivity index (χ0) is 51.6. The van der Waals surface area contributed by atoms with Crippen molar-refractivity contribution in [2.24, 2.45) is 28.7 Å². The molecule has 0 spiro atoms. The van der Waals surface area contributed by atoms with E-state index in [-0.39, 0.29) is 26.1 Å². The summed E-state index contributed by atoms with van der Waals surface area (Å²) in [5, 5.41) is 83.0. The molecule has 10 atom stereocenters. The van der Waals surface area contributed by atoms with Gasteiger partial charge in [0.1, 0.15) is 18.1 Å². The predicted octanol–water partition coefficient (Wildman–Crippen LogP) is -8.34. The first-order valence-corrected chi connectivity index (χ1v) is 23.2. The van der Waals surface area contributed by atoms with Crippen LogP contribution in [0.2, 0.25) is 0 Å². The number of carbonyl (C=O) groups excluding carboxylic acids is 7. The third-order valence-corrected chi connectivity index (χ3v) is 10.6. The lowest BCUT2D eigenvalue weighted by Crippen LogP contribution is -2.60. The second-order valence-corrected chi connectivity index (χ2v) is 16.6. The SMILES string of the molecule is CNCN(CC(=O)CC(O)CC(O)C(CO)NC(=O)C(CCCN)NC(=O)C(CN)NC(=O)C(C)NC(=O)C(O)C(O)CC(O)C(N)CCCCN)C(=O)CNC(=O)NCCCCNCCCN. The van der Waals surface area contributed by atoms with E-state index in [0.717, 1.165) is 30.8 Å². The molecule has 0 saturated carbocycles. The molecule has 0 aromatic rings. The lowest BCUT2D eigenvalue weighted by molar-refractivity contribution is -0.140. The number of nitrogens with zero attached hydrogens (tertiary/aromatic N) is 1. The van der Waals surface area contributed by atoms with Gasteiger partial charge in [0.05, 0.1) is 56.8 Å². The molecule has 0 rings (SSSR count). The number of hydrogen-bond acceptors (Lipinski definition) is 20. The summed E-state index contributed by atoms with van der Waals surface area (Å²) in [7, 11) is 1.54. The Morgan fingerprint density at radius 2 is 1.25 bits per heavy atom. The topological polar surface area (TPSA) is 470 Å². The minimum atomic E-state index is -2.05. The number of rotatable bonds is 40. The largest absolute Gasteiger partial charge is 0.394 e. The molecule has 0 aromatic carbocycles. The van der Waals surface area contributed by atoms with Crippen LogP contribution in [0.1, 0.15) is 77.6 Å². The van der Waals surface area contributed by atoms with Crippen LogP contribution >= 0.6 is 0 Å². The van der Waals surface area contributed by atoms with Gasteiger partial charge in [0, 0.05) is 38.4 Å². The Labute approximate surface area is 398 Å². The zero-order valence-electron chi connectivity index (χ0n) is 39.7. The van der Waals surface area contributed by atoms with Crippen molar-refractivity contribution in [3.8, 4) is 0 Å². The highest BCUT2D eigenvalue weighted by molar-refractivity contribution is 5.95. The Bertz CT molecular complexity index is 1470. The van der Waals surface area contributed by atoms with E-state index in [4.69, 9.17) is 28.7 Å². The Morgan fingerprint density at radius 1 is 0.632 bits per heavy atom. The summed E-state index contributed by atoms with van der Waals surface area (Å²) >= 11 is 0. The summed E-state index contributed by atoms with van der Waals surface area (Å²) in [6, 6.07) is -6.86. The van der Waals surface area contributed by atoms with E-state index in [9.17, 15) is 64.2 Å². The van der Waals surface area contributed by atoms with Gasteiger partial charge < -0.3 is 107 Å². The van der Waals surface area contributed by atoms with Crippen LogP contribution in [0.3, 0.4) is 0 Å². The highest BCUT2D eigenvalue weighted by Crippen LogP contribution is 2.12. The molecule has 68 heavy (non-hydrogen) atoms. The number of hydrogen-bond donors (Lipinski definition) is 19. The zero-order valence-corrected chi connectivity index (χ0v) is 39.7. The number of aliphatic hydroxyl groups excluding tert-OH is 6. The van der Waals surface area contributed by atoms with Gasteiger partial charge in [-0.25, -0.2) is 4.79 Å². The third kappa shape index (κ3) is 27.7. The molecule has 0 fully saturated rings. The summed E-state index contributed by atoms with van der Waals surface area (Å²) in [4.78, 5) is 91.3. The molecule has 24 N–H and O–H groups in total. The minimum Gasteiger partial charge on any atom is -0.394 e. The number of nitrogens with two attached hydrogens (primary N) is 5. The maximum atomic E-state index is 13.4. The summed E-state index contributed by atoms with van der Waals surface area (Å²) in [5.74, 6) is -5.09. The van der Waals surface area contributed by atoms with Gasteiger partial charge in [-0.2, -0.15) is 0 Å². The highest BCUT2D eigenvalue weighted by atomic mass is 16.3. The van der Waals surface area contributed by atoms with Crippen LogP contribution in [-0.2, 0) is 28.8 Å². The van der Waals surface area contributed by atoms with Gasteiger partial charge in [0.25, 0.3) is 5.91 Å².